The second-order valence-electron chi connectivity index (χ2n) is 5.06. The van der Waals surface area contributed by atoms with Crippen LogP contribution in [0.4, 0.5) is 10.1 Å². The number of nitro benzene ring substituents is 1. The summed E-state index contributed by atoms with van der Waals surface area (Å²) in [6.07, 6.45) is 2.04. The molecular formula is C13H19FN2O2. The Morgan fingerprint density at radius 2 is 2.06 bits per heavy atom. The van der Waals surface area contributed by atoms with Crippen molar-refractivity contribution in [2.45, 2.75) is 45.7 Å². The van der Waals surface area contributed by atoms with E-state index in [1.807, 2.05) is 0 Å². The first-order valence-electron chi connectivity index (χ1n) is 6.03. The van der Waals surface area contributed by atoms with Crippen LogP contribution in [0, 0.1) is 15.9 Å². The molecule has 1 N–H and O–H groups in total. The topological polar surface area (TPSA) is 55.2 Å². The van der Waals surface area contributed by atoms with Crippen LogP contribution < -0.4 is 5.32 Å². The molecule has 0 radical (unpaired) electrons. The summed E-state index contributed by atoms with van der Waals surface area (Å²) in [5, 5.41) is 13.9. The summed E-state index contributed by atoms with van der Waals surface area (Å²) in [4.78, 5) is 10.0. The van der Waals surface area contributed by atoms with Gasteiger partial charge in [-0.15, -0.1) is 0 Å². The third kappa shape index (κ3) is 4.41. The quantitative estimate of drug-likeness (QED) is 0.625. The molecule has 0 saturated heterocycles. The Kier molecular flexibility index (Phi) is 4.78. The van der Waals surface area contributed by atoms with Crippen LogP contribution in [0.25, 0.3) is 0 Å². The third-order valence-corrected chi connectivity index (χ3v) is 2.80. The Hall–Kier alpha value is -1.49. The van der Waals surface area contributed by atoms with Crippen LogP contribution in [0.1, 0.15) is 39.2 Å². The van der Waals surface area contributed by atoms with Crippen molar-refractivity contribution in [3.8, 4) is 0 Å². The molecule has 0 heterocycles. The monoisotopic (exact) mass is 254 g/mol. The van der Waals surface area contributed by atoms with E-state index in [1.165, 1.54) is 12.1 Å². The summed E-state index contributed by atoms with van der Waals surface area (Å²) in [6, 6.07) is 3.65. The Labute approximate surface area is 106 Å². The fourth-order valence-electron chi connectivity index (χ4n) is 1.90. The fourth-order valence-corrected chi connectivity index (χ4v) is 1.90. The SMILES string of the molecule is CCCC(C)(C)NCc1cc(F)cc([N+](=O)[O-])c1. The molecule has 18 heavy (non-hydrogen) atoms. The largest absolute Gasteiger partial charge is 0.308 e. The molecule has 0 aromatic heterocycles. The van der Waals surface area contributed by atoms with Crippen molar-refractivity contribution in [1.82, 2.24) is 5.32 Å². The highest BCUT2D eigenvalue weighted by Crippen LogP contribution is 2.18. The molecule has 1 aromatic rings. The van der Waals surface area contributed by atoms with Gasteiger partial charge in [0.15, 0.2) is 0 Å². The van der Waals surface area contributed by atoms with Crippen molar-refractivity contribution in [1.29, 1.82) is 0 Å². The van der Waals surface area contributed by atoms with Gasteiger partial charge in [-0.3, -0.25) is 10.1 Å². The molecule has 1 rings (SSSR count). The van der Waals surface area contributed by atoms with Crippen molar-refractivity contribution >= 4 is 5.69 Å². The fraction of sp³-hybridized carbons (Fsp3) is 0.538. The van der Waals surface area contributed by atoms with E-state index in [0.717, 1.165) is 18.9 Å². The number of non-ortho nitro benzene ring substituents is 1. The lowest BCUT2D eigenvalue weighted by Crippen LogP contribution is -2.38. The molecular weight excluding hydrogens is 235 g/mol. The summed E-state index contributed by atoms with van der Waals surface area (Å²) in [5.74, 6) is -0.575. The van der Waals surface area contributed by atoms with Crippen LogP contribution in [0.2, 0.25) is 0 Å². The summed E-state index contributed by atoms with van der Waals surface area (Å²) in [6.45, 7) is 6.64. The molecule has 0 unspecified atom stereocenters. The highest BCUT2D eigenvalue weighted by atomic mass is 19.1. The van der Waals surface area contributed by atoms with Crippen LogP contribution in [0.5, 0.6) is 0 Å². The molecule has 0 fully saturated rings. The molecule has 4 nitrogen and oxygen atoms in total. The van der Waals surface area contributed by atoms with Crippen molar-refractivity contribution in [3.63, 3.8) is 0 Å². The van der Waals surface area contributed by atoms with E-state index in [-0.39, 0.29) is 11.2 Å². The molecule has 0 bridgehead atoms. The summed E-state index contributed by atoms with van der Waals surface area (Å²) >= 11 is 0. The van der Waals surface area contributed by atoms with Crippen molar-refractivity contribution < 1.29 is 9.31 Å². The van der Waals surface area contributed by atoms with Gasteiger partial charge in [-0.2, -0.15) is 0 Å². The smallest absolute Gasteiger partial charge is 0.272 e. The van der Waals surface area contributed by atoms with Crippen LogP contribution in [-0.2, 0) is 6.54 Å². The molecule has 5 heteroatoms. The number of halogens is 1. The second-order valence-corrected chi connectivity index (χ2v) is 5.06. The lowest BCUT2D eigenvalue weighted by Gasteiger charge is -2.25. The van der Waals surface area contributed by atoms with Gasteiger partial charge in [-0.25, -0.2) is 4.39 Å². The standard InChI is InChI=1S/C13H19FN2O2/c1-4-5-13(2,3)15-9-10-6-11(14)8-12(7-10)16(17)18/h6-8,15H,4-5,9H2,1-3H3. The normalized spacial score (nSPS) is 11.6. The highest BCUT2D eigenvalue weighted by Gasteiger charge is 2.16. The van der Waals surface area contributed by atoms with Gasteiger partial charge in [-0.05, 0) is 31.9 Å². The zero-order chi connectivity index (χ0) is 13.8. The molecule has 0 atom stereocenters. The maximum atomic E-state index is 13.2. The number of hydrogen-bond acceptors (Lipinski definition) is 3. The average Bonchev–Trinajstić information content (AvgIpc) is 2.26. The molecule has 0 aliphatic heterocycles. The van der Waals surface area contributed by atoms with E-state index < -0.39 is 10.7 Å². The first kappa shape index (κ1) is 14.6. The number of nitrogens with zero attached hydrogens (tertiary/aromatic N) is 1. The summed E-state index contributed by atoms with van der Waals surface area (Å²) < 4.78 is 13.2. The number of benzene rings is 1. The predicted octanol–water partition coefficient (Wildman–Crippen LogP) is 3.40. The maximum absolute atomic E-state index is 13.2. The van der Waals surface area contributed by atoms with E-state index in [0.29, 0.717) is 12.1 Å². The van der Waals surface area contributed by atoms with Crippen LogP contribution >= 0.6 is 0 Å². The number of nitro groups is 1. The minimum Gasteiger partial charge on any atom is -0.308 e. The van der Waals surface area contributed by atoms with Gasteiger partial charge < -0.3 is 5.32 Å². The molecule has 1 aromatic carbocycles. The van der Waals surface area contributed by atoms with Crippen LogP contribution in [0.3, 0.4) is 0 Å². The minimum atomic E-state index is -0.580. The predicted molar refractivity (Wildman–Crippen MR) is 68.9 cm³/mol. The summed E-state index contributed by atoms with van der Waals surface area (Å²) in [7, 11) is 0. The number of hydrogen-bond donors (Lipinski definition) is 1. The average molecular weight is 254 g/mol. The lowest BCUT2D eigenvalue weighted by atomic mass is 9.98. The van der Waals surface area contributed by atoms with Gasteiger partial charge in [0.25, 0.3) is 5.69 Å². The molecule has 0 saturated carbocycles. The Balaban J connectivity index is 2.76. The van der Waals surface area contributed by atoms with Crippen molar-refractivity contribution in [3.05, 3.63) is 39.7 Å². The Morgan fingerprint density at radius 3 is 2.61 bits per heavy atom. The molecule has 0 aliphatic carbocycles. The van der Waals surface area contributed by atoms with Crippen LogP contribution in [0.15, 0.2) is 18.2 Å². The van der Waals surface area contributed by atoms with Gasteiger partial charge in [0.1, 0.15) is 5.82 Å². The summed E-state index contributed by atoms with van der Waals surface area (Å²) in [5.41, 5.74) is 0.321. The third-order valence-electron chi connectivity index (χ3n) is 2.80. The second kappa shape index (κ2) is 5.91. The number of nitrogens with one attached hydrogen (secondary N) is 1. The minimum absolute atomic E-state index is 0.0597. The first-order chi connectivity index (χ1) is 8.34. The zero-order valence-electron chi connectivity index (χ0n) is 11.0. The zero-order valence-corrected chi connectivity index (χ0v) is 11.0. The maximum Gasteiger partial charge on any atom is 0.272 e. The van der Waals surface area contributed by atoms with E-state index in [2.05, 4.69) is 26.1 Å². The van der Waals surface area contributed by atoms with E-state index >= 15 is 0 Å². The van der Waals surface area contributed by atoms with E-state index in [1.54, 1.807) is 0 Å². The van der Waals surface area contributed by atoms with Crippen LogP contribution in [-0.4, -0.2) is 10.5 Å². The van der Waals surface area contributed by atoms with E-state index in [4.69, 9.17) is 0 Å². The molecule has 0 amide bonds. The van der Waals surface area contributed by atoms with E-state index in [9.17, 15) is 14.5 Å². The van der Waals surface area contributed by atoms with Gasteiger partial charge in [0.05, 0.1) is 11.0 Å². The highest BCUT2D eigenvalue weighted by molar-refractivity contribution is 5.35. The molecule has 100 valence electrons. The van der Waals surface area contributed by atoms with Gasteiger partial charge in [-0.1, -0.05) is 13.3 Å². The Bertz CT molecular complexity index is 433. The van der Waals surface area contributed by atoms with Gasteiger partial charge in [0, 0.05) is 18.2 Å². The molecule has 0 aliphatic rings. The lowest BCUT2D eigenvalue weighted by molar-refractivity contribution is -0.385. The molecule has 0 spiro atoms. The first-order valence-corrected chi connectivity index (χ1v) is 6.03. The Morgan fingerprint density at radius 1 is 1.39 bits per heavy atom. The van der Waals surface area contributed by atoms with Crippen molar-refractivity contribution in [2.75, 3.05) is 0 Å². The van der Waals surface area contributed by atoms with Gasteiger partial charge >= 0.3 is 0 Å². The van der Waals surface area contributed by atoms with Crippen molar-refractivity contribution in [2.24, 2.45) is 0 Å². The number of rotatable bonds is 6. The van der Waals surface area contributed by atoms with Gasteiger partial charge in [0.2, 0.25) is 0 Å².